The zero-order valence-electron chi connectivity index (χ0n) is 13.1. The van der Waals surface area contributed by atoms with Crippen LogP contribution >= 0.6 is 0 Å². The summed E-state index contributed by atoms with van der Waals surface area (Å²) in [5.41, 5.74) is 6.62. The molecular weight excluding hydrogens is 232 g/mol. The molecule has 2 unspecified atom stereocenters. The first kappa shape index (κ1) is 13.2. The van der Waals surface area contributed by atoms with Crippen LogP contribution < -0.4 is 0 Å². The summed E-state index contributed by atoms with van der Waals surface area (Å²) in [7, 11) is 0. The second kappa shape index (κ2) is 3.85. The molecule has 0 spiro atoms. The molecule has 0 amide bonds. The van der Waals surface area contributed by atoms with Crippen LogP contribution in [0.4, 0.5) is 0 Å². The Morgan fingerprint density at radius 1 is 1.05 bits per heavy atom. The molecule has 19 heavy (non-hydrogen) atoms. The van der Waals surface area contributed by atoms with Crippen molar-refractivity contribution in [3.8, 4) is 0 Å². The minimum atomic E-state index is 0.241. The highest BCUT2D eigenvalue weighted by atomic mass is 16.5. The van der Waals surface area contributed by atoms with Gasteiger partial charge in [0.25, 0.3) is 0 Å². The monoisotopic (exact) mass is 258 g/mol. The van der Waals surface area contributed by atoms with E-state index in [0.29, 0.717) is 11.8 Å². The van der Waals surface area contributed by atoms with Gasteiger partial charge in [0, 0.05) is 5.92 Å². The average Bonchev–Trinajstić information content (AvgIpc) is 2.49. The van der Waals surface area contributed by atoms with E-state index in [1.165, 1.54) is 11.1 Å². The molecule has 0 fully saturated rings. The summed E-state index contributed by atoms with van der Waals surface area (Å²) in [4.78, 5) is 0. The molecular formula is C18H26O. The highest BCUT2D eigenvalue weighted by Gasteiger charge is 2.50. The number of ether oxygens (including phenoxy) is 1. The SMILES string of the molecule is CC1COCc2c1ccc1c2C(C)(C)C(C)C1(C)C. The molecule has 0 aromatic heterocycles. The van der Waals surface area contributed by atoms with Gasteiger partial charge in [-0.15, -0.1) is 0 Å². The fourth-order valence-electron chi connectivity index (χ4n) is 4.33. The molecule has 1 aromatic rings. The van der Waals surface area contributed by atoms with Crippen LogP contribution in [-0.2, 0) is 22.2 Å². The summed E-state index contributed by atoms with van der Waals surface area (Å²) in [6, 6.07) is 4.75. The molecule has 2 aliphatic rings. The summed E-state index contributed by atoms with van der Waals surface area (Å²) >= 11 is 0. The van der Waals surface area contributed by atoms with Gasteiger partial charge < -0.3 is 4.74 Å². The molecule has 0 saturated heterocycles. The normalized spacial score (nSPS) is 30.8. The minimum Gasteiger partial charge on any atom is -0.376 e. The Bertz CT molecular complexity index is 525. The van der Waals surface area contributed by atoms with E-state index in [9.17, 15) is 0 Å². The van der Waals surface area contributed by atoms with Gasteiger partial charge in [0.1, 0.15) is 0 Å². The number of hydrogen-bond acceptors (Lipinski definition) is 1. The highest BCUT2D eigenvalue weighted by Crippen LogP contribution is 2.55. The van der Waals surface area contributed by atoms with E-state index in [0.717, 1.165) is 13.2 Å². The molecule has 0 N–H and O–H groups in total. The van der Waals surface area contributed by atoms with Crippen molar-refractivity contribution in [2.24, 2.45) is 5.92 Å². The van der Waals surface area contributed by atoms with Gasteiger partial charge in [-0.25, -0.2) is 0 Å². The Labute approximate surface area is 117 Å². The summed E-state index contributed by atoms with van der Waals surface area (Å²) in [5.74, 6) is 1.18. The smallest absolute Gasteiger partial charge is 0.0722 e. The zero-order valence-corrected chi connectivity index (χ0v) is 13.1. The van der Waals surface area contributed by atoms with Crippen LogP contribution in [0.3, 0.4) is 0 Å². The number of hydrogen-bond donors (Lipinski definition) is 0. The summed E-state index contributed by atoms with van der Waals surface area (Å²) in [6.45, 7) is 16.0. The average molecular weight is 258 g/mol. The van der Waals surface area contributed by atoms with Crippen molar-refractivity contribution in [2.75, 3.05) is 6.61 Å². The van der Waals surface area contributed by atoms with E-state index in [1.807, 2.05) is 0 Å². The van der Waals surface area contributed by atoms with Gasteiger partial charge in [0.05, 0.1) is 13.2 Å². The van der Waals surface area contributed by atoms with Crippen LogP contribution in [0.1, 0.15) is 69.7 Å². The largest absolute Gasteiger partial charge is 0.376 e. The fraction of sp³-hybridized carbons (Fsp3) is 0.667. The lowest BCUT2D eigenvalue weighted by atomic mass is 9.71. The second-order valence-corrected chi connectivity index (χ2v) is 7.64. The fourth-order valence-corrected chi connectivity index (χ4v) is 4.33. The maximum absolute atomic E-state index is 5.83. The van der Waals surface area contributed by atoms with Gasteiger partial charge in [-0.2, -0.15) is 0 Å². The van der Waals surface area contributed by atoms with E-state index in [2.05, 4.69) is 53.7 Å². The maximum Gasteiger partial charge on any atom is 0.0722 e. The van der Waals surface area contributed by atoms with E-state index < -0.39 is 0 Å². The molecule has 0 radical (unpaired) electrons. The molecule has 3 rings (SSSR count). The lowest BCUT2D eigenvalue weighted by molar-refractivity contribution is 0.0934. The molecule has 1 heteroatoms. The Morgan fingerprint density at radius 3 is 2.42 bits per heavy atom. The van der Waals surface area contributed by atoms with Crippen LogP contribution in [0.5, 0.6) is 0 Å². The predicted molar refractivity (Wildman–Crippen MR) is 79.7 cm³/mol. The first-order valence-electron chi connectivity index (χ1n) is 7.52. The van der Waals surface area contributed by atoms with E-state index in [-0.39, 0.29) is 10.8 Å². The quantitative estimate of drug-likeness (QED) is 0.664. The third-order valence-electron chi connectivity index (χ3n) is 6.00. The van der Waals surface area contributed by atoms with Crippen LogP contribution in [0.25, 0.3) is 0 Å². The van der Waals surface area contributed by atoms with Crippen LogP contribution in [0.15, 0.2) is 12.1 Å². The van der Waals surface area contributed by atoms with Crippen molar-refractivity contribution in [1.82, 2.24) is 0 Å². The Morgan fingerprint density at radius 2 is 1.74 bits per heavy atom. The Kier molecular flexibility index (Phi) is 2.67. The van der Waals surface area contributed by atoms with Gasteiger partial charge in [0.2, 0.25) is 0 Å². The lowest BCUT2D eigenvalue weighted by Crippen LogP contribution is -2.31. The lowest BCUT2D eigenvalue weighted by Gasteiger charge is -2.34. The number of rotatable bonds is 0. The standard InChI is InChI=1S/C18H26O/c1-11-9-19-10-14-13(11)7-8-15-16(14)18(5,6)12(2)17(15,3)4/h7-8,11-12H,9-10H2,1-6H3. The van der Waals surface area contributed by atoms with E-state index in [1.54, 1.807) is 11.1 Å². The van der Waals surface area contributed by atoms with Gasteiger partial charge in [-0.05, 0) is 39.0 Å². The van der Waals surface area contributed by atoms with Crippen molar-refractivity contribution in [1.29, 1.82) is 0 Å². The predicted octanol–water partition coefficient (Wildman–Crippen LogP) is 4.53. The molecule has 0 bridgehead atoms. The number of benzene rings is 1. The third-order valence-corrected chi connectivity index (χ3v) is 6.00. The zero-order chi connectivity index (χ0) is 14.0. The molecule has 2 atom stereocenters. The van der Waals surface area contributed by atoms with Gasteiger partial charge in [-0.3, -0.25) is 0 Å². The van der Waals surface area contributed by atoms with Crippen LogP contribution in [0.2, 0.25) is 0 Å². The third kappa shape index (κ3) is 1.57. The Hall–Kier alpha value is -0.820. The van der Waals surface area contributed by atoms with E-state index in [4.69, 9.17) is 4.74 Å². The summed E-state index contributed by atoms with van der Waals surface area (Å²) in [6.07, 6.45) is 0. The highest BCUT2D eigenvalue weighted by molar-refractivity contribution is 5.54. The summed E-state index contributed by atoms with van der Waals surface area (Å²) < 4.78 is 5.83. The summed E-state index contributed by atoms with van der Waals surface area (Å²) in [5, 5.41) is 0. The molecule has 104 valence electrons. The molecule has 1 aliphatic carbocycles. The van der Waals surface area contributed by atoms with Crippen molar-refractivity contribution in [3.63, 3.8) is 0 Å². The molecule has 1 aromatic carbocycles. The molecule has 0 saturated carbocycles. The molecule has 1 aliphatic heterocycles. The Balaban J connectivity index is 2.30. The topological polar surface area (TPSA) is 9.23 Å². The van der Waals surface area contributed by atoms with Crippen molar-refractivity contribution in [3.05, 3.63) is 34.4 Å². The molecule has 1 nitrogen and oxygen atoms in total. The van der Waals surface area contributed by atoms with Gasteiger partial charge >= 0.3 is 0 Å². The van der Waals surface area contributed by atoms with Gasteiger partial charge in [0.15, 0.2) is 0 Å². The van der Waals surface area contributed by atoms with E-state index >= 15 is 0 Å². The first-order chi connectivity index (χ1) is 8.78. The van der Waals surface area contributed by atoms with Gasteiger partial charge in [-0.1, -0.05) is 53.7 Å². The van der Waals surface area contributed by atoms with Crippen LogP contribution in [0, 0.1) is 5.92 Å². The van der Waals surface area contributed by atoms with Crippen molar-refractivity contribution >= 4 is 0 Å². The second-order valence-electron chi connectivity index (χ2n) is 7.64. The first-order valence-corrected chi connectivity index (χ1v) is 7.52. The number of fused-ring (bicyclic) bond motifs is 3. The minimum absolute atomic E-state index is 0.241. The van der Waals surface area contributed by atoms with Crippen molar-refractivity contribution < 1.29 is 4.74 Å². The van der Waals surface area contributed by atoms with Crippen LogP contribution in [-0.4, -0.2) is 6.61 Å². The van der Waals surface area contributed by atoms with Crippen molar-refractivity contribution in [2.45, 2.75) is 64.9 Å². The maximum atomic E-state index is 5.83. The molecule has 1 heterocycles.